The van der Waals surface area contributed by atoms with Crippen LogP contribution in [0.25, 0.3) is 0 Å². The Balaban J connectivity index is 2.08. The van der Waals surface area contributed by atoms with Crippen LogP contribution in [-0.2, 0) is 13.1 Å². The van der Waals surface area contributed by atoms with Crippen molar-refractivity contribution in [2.75, 3.05) is 0 Å². The fourth-order valence-corrected chi connectivity index (χ4v) is 2.88. The van der Waals surface area contributed by atoms with Crippen LogP contribution >= 0.6 is 11.3 Å². The van der Waals surface area contributed by atoms with Gasteiger partial charge in [-0.05, 0) is 27.7 Å². The summed E-state index contributed by atoms with van der Waals surface area (Å²) in [6, 6.07) is 0.312. The Kier molecular flexibility index (Phi) is 4.14. The van der Waals surface area contributed by atoms with E-state index in [4.69, 9.17) is 0 Å². The van der Waals surface area contributed by atoms with E-state index in [9.17, 15) is 0 Å². The zero-order chi connectivity index (χ0) is 13.1. The molecule has 2 rings (SSSR count). The van der Waals surface area contributed by atoms with Crippen LogP contribution < -0.4 is 5.32 Å². The van der Waals surface area contributed by atoms with Crippen molar-refractivity contribution >= 4 is 11.3 Å². The Bertz CT molecular complexity index is 501. The molecule has 0 aliphatic rings. The van der Waals surface area contributed by atoms with Gasteiger partial charge in [0.25, 0.3) is 0 Å². The van der Waals surface area contributed by atoms with Crippen molar-refractivity contribution in [3.8, 4) is 0 Å². The molecule has 0 radical (unpaired) electrons. The normalized spacial score (nSPS) is 12.9. The lowest BCUT2D eigenvalue weighted by Crippen LogP contribution is -2.18. The van der Waals surface area contributed by atoms with Crippen molar-refractivity contribution in [2.45, 2.75) is 46.8 Å². The van der Waals surface area contributed by atoms with Crippen molar-refractivity contribution in [3.63, 3.8) is 0 Å². The highest BCUT2D eigenvalue weighted by Gasteiger charge is 2.16. The van der Waals surface area contributed by atoms with Gasteiger partial charge in [-0.1, -0.05) is 0 Å². The van der Waals surface area contributed by atoms with Gasteiger partial charge in [0.15, 0.2) is 0 Å². The van der Waals surface area contributed by atoms with Crippen LogP contribution in [0.2, 0.25) is 0 Å². The fourth-order valence-electron chi connectivity index (χ4n) is 2.33. The van der Waals surface area contributed by atoms with Crippen molar-refractivity contribution in [3.05, 3.63) is 33.5 Å². The largest absolute Gasteiger partial charge is 0.305 e. The Hall–Kier alpha value is -1.20. The molecule has 0 aromatic carbocycles. The summed E-state index contributed by atoms with van der Waals surface area (Å²) in [6.45, 7) is 10.3. The smallest absolute Gasteiger partial charge is 0.0794 e. The second-order valence-electron chi connectivity index (χ2n) is 4.47. The number of hydrogen-bond acceptors (Lipinski definition) is 4. The molecule has 18 heavy (non-hydrogen) atoms. The van der Waals surface area contributed by atoms with Crippen LogP contribution in [-0.4, -0.2) is 14.8 Å². The van der Waals surface area contributed by atoms with Crippen LogP contribution in [0.4, 0.5) is 0 Å². The molecular weight excluding hydrogens is 244 g/mol. The van der Waals surface area contributed by atoms with Crippen molar-refractivity contribution in [1.82, 2.24) is 20.1 Å². The Morgan fingerprint density at radius 3 is 2.78 bits per heavy atom. The third kappa shape index (κ3) is 2.62. The first-order valence-electron chi connectivity index (χ1n) is 6.28. The van der Waals surface area contributed by atoms with Gasteiger partial charge in [0, 0.05) is 41.5 Å². The lowest BCUT2D eigenvalue weighted by molar-refractivity contribution is 0.569. The van der Waals surface area contributed by atoms with E-state index in [0.717, 1.165) is 18.8 Å². The topological polar surface area (TPSA) is 42.7 Å². The summed E-state index contributed by atoms with van der Waals surface area (Å²) in [6.07, 6.45) is 1.92. The predicted octanol–water partition coefficient (Wildman–Crippen LogP) is 2.83. The third-order valence-electron chi connectivity index (χ3n) is 3.24. The Morgan fingerprint density at radius 2 is 2.22 bits per heavy atom. The molecule has 0 spiro atoms. The fraction of sp³-hybridized carbons (Fsp3) is 0.538. The molecule has 2 heterocycles. The number of rotatable bonds is 5. The maximum atomic E-state index is 4.56. The second-order valence-corrected chi connectivity index (χ2v) is 5.44. The van der Waals surface area contributed by atoms with E-state index < -0.39 is 0 Å². The minimum Gasteiger partial charge on any atom is -0.305 e. The van der Waals surface area contributed by atoms with Crippen LogP contribution in [0.15, 0.2) is 11.7 Å². The molecule has 0 aliphatic carbocycles. The molecule has 4 nitrogen and oxygen atoms in total. The summed E-state index contributed by atoms with van der Waals surface area (Å²) in [4.78, 5) is 5.35. The molecule has 1 unspecified atom stereocenters. The van der Waals surface area contributed by atoms with Gasteiger partial charge >= 0.3 is 0 Å². The summed E-state index contributed by atoms with van der Waals surface area (Å²) in [5, 5.41) is 8.10. The number of hydrogen-bond donors (Lipinski definition) is 1. The van der Waals surface area contributed by atoms with Gasteiger partial charge in [0.1, 0.15) is 0 Å². The first-order chi connectivity index (χ1) is 8.63. The summed E-state index contributed by atoms with van der Waals surface area (Å²) < 4.78 is 2.07. The molecule has 1 atom stereocenters. The standard InChI is InChI=1S/C13H20N4S/c1-5-17-11(4)13(10(3)16-17)9(2)15-7-12-6-14-8-18-12/h6,8-9,15H,5,7H2,1-4H3. The summed E-state index contributed by atoms with van der Waals surface area (Å²) in [7, 11) is 0. The third-order valence-corrected chi connectivity index (χ3v) is 4.02. The summed E-state index contributed by atoms with van der Waals surface area (Å²) >= 11 is 1.68. The molecular formula is C13H20N4S. The van der Waals surface area contributed by atoms with Gasteiger partial charge in [0.05, 0.1) is 11.2 Å². The van der Waals surface area contributed by atoms with E-state index in [-0.39, 0.29) is 0 Å². The monoisotopic (exact) mass is 264 g/mol. The number of thiazole rings is 1. The lowest BCUT2D eigenvalue weighted by atomic mass is 10.1. The first kappa shape index (κ1) is 13.2. The highest BCUT2D eigenvalue weighted by Crippen LogP contribution is 2.21. The SMILES string of the molecule is CCn1nc(C)c(C(C)NCc2cncs2)c1C. The quantitative estimate of drug-likeness (QED) is 0.903. The predicted molar refractivity (Wildman–Crippen MR) is 74.7 cm³/mol. The van der Waals surface area contributed by atoms with Gasteiger partial charge in [-0.3, -0.25) is 9.67 Å². The number of aryl methyl sites for hydroxylation is 2. The number of aromatic nitrogens is 3. The second kappa shape index (κ2) is 5.63. The Morgan fingerprint density at radius 1 is 1.44 bits per heavy atom. The average Bonchev–Trinajstić information content (AvgIpc) is 2.94. The van der Waals surface area contributed by atoms with Crippen LogP contribution in [0.5, 0.6) is 0 Å². The van der Waals surface area contributed by atoms with Gasteiger partial charge < -0.3 is 5.32 Å². The van der Waals surface area contributed by atoms with Crippen LogP contribution in [0, 0.1) is 13.8 Å². The molecule has 98 valence electrons. The zero-order valence-electron chi connectivity index (χ0n) is 11.4. The van der Waals surface area contributed by atoms with Gasteiger partial charge in [-0.2, -0.15) is 5.10 Å². The molecule has 2 aromatic rings. The van der Waals surface area contributed by atoms with E-state index in [1.165, 1.54) is 16.1 Å². The maximum Gasteiger partial charge on any atom is 0.0794 e. The van der Waals surface area contributed by atoms with E-state index >= 15 is 0 Å². The molecule has 0 amide bonds. The van der Waals surface area contributed by atoms with Gasteiger partial charge in [-0.25, -0.2) is 0 Å². The van der Waals surface area contributed by atoms with E-state index in [2.05, 4.69) is 47.8 Å². The minimum atomic E-state index is 0.312. The lowest BCUT2D eigenvalue weighted by Gasteiger charge is -2.14. The van der Waals surface area contributed by atoms with Crippen molar-refractivity contribution in [1.29, 1.82) is 0 Å². The van der Waals surface area contributed by atoms with E-state index in [0.29, 0.717) is 6.04 Å². The highest BCUT2D eigenvalue weighted by atomic mass is 32.1. The maximum absolute atomic E-state index is 4.56. The molecule has 0 fully saturated rings. The van der Waals surface area contributed by atoms with Crippen LogP contribution in [0.3, 0.4) is 0 Å². The molecule has 0 saturated carbocycles. The van der Waals surface area contributed by atoms with E-state index in [1.54, 1.807) is 11.3 Å². The average molecular weight is 264 g/mol. The highest BCUT2D eigenvalue weighted by molar-refractivity contribution is 7.09. The summed E-state index contributed by atoms with van der Waals surface area (Å²) in [5.41, 5.74) is 5.58. The first-order valence-corrected chi connectivity index (χ1v) is 7.16. The molecule has 0 bridgehead atoms. The Labute approximate surface area is 112 Å². The molecule has 2 aromatic heterocycles. The zero-order valence-corrected chi connectivity index (χ0v) is 12.2. The minimum absolute atomic E-state index is 0.312. The van der Waals surface area contributed by atoms with Gasteiger partial charge in [-0.15, -0.1) is 11.3 Å². The van der Waals surface area contributed by atoms with Crippen molar-refractivity contribution in [2.24, 2.45) is 0 Å². The van der Waals surface area contributed by atoms with E-state index in [1.807, 2.05) is 11.7 Å². The molecule has 5 heteroatoms. The van der Waals surface area contributed by atoms with Gasteiger partial charge in [0.2, 0.25) is 0 Å². The molecule has 1 N–H and O–H groups in total. The number of nitrogens with one attached hydrogen (secondary N) is 1. The van der Waals surface area contributed by atoms with Crippen molar-refractivity contribution < 1.29 is 0 Å². The molecule has 0 aliphatic heterocycles. The summed E-state index contributed by atoms with van der Waals surface area (Å²) in [5.74, 6) is 0. The van der Waals surface area contributed by atoms with Crippen LogP contribution in [0.1, 0.15) is 41.7 Å². The number of nitrogens with zero attached hydrogens (tertiary/aromatic N) is 3. The molecule has 0 saturated heterocycles.